The normalized spacial score (nSPS) is 20.4. The maximum Gasteiger partial charge on any atom is 0.238 e. The Bertz CT molecular complexity index is 481. The standard InChI is InChI=1S/C14H20FN3O2/c1-10-8-18(5-2-6-20-10)9-14(19)17-11-3-4-12(15)13(16)7-11/h3-4,7,10H,2,5-6,8-9,16H2,1H3,(H,17,19). The fourth-order valence-electron chi connectivity index (χ4n) is 2.25. The summed E-state index contributed by atoms with van der Waals surface area (Å²) in [6.07, 6.45) is 1.05. The van der Waals surface area contributed by atoms with Gasteiger partial charge in [0.2, 0.25) is 5.91 Å². The van der Waals surface area contributed by atoms with E-state index in [-0.39, 0.29) is 17.7 Å². The number of halogens is 1. The Morgan fingerprint density at radius 3 is 3.15 bits per heavy atom. The highest BCUT2D eigenvalue weighted by Gasteiger charge is 2.17. The second kappa shape index (κ2) is 6.67. The van der Waals surface area contributed by atoms with E-state index < -0.39 is 5.82 Å². The molecule has 0 bridgehead atoms. The summed E-state index contributed by atoms with van der Waals surface area (Å²) in [5, 5.41) is 2.72. The second-order valence-corrected chi connectivity index (χ2v) is 5.05. The third-order valence-electron chi connectivity index (χ3n) is 3.18. The molecule has 1 heterocycles. The Balaban J connectivity index is 1.89. The molecular weight excluding hydrogens is 261 g/mol. The number of ether oxygens (including phenoxy) is 1. The van der Waals surface area contributed by atoms with Gasteiger partial charge < -0.3 is 15.8 Å². The van der Waals surface area contributed by atoms with Crippen LogP contribution in [0.2, 0.25) is 0 Å². The summed E-state index contributed by atoms with van der Waals surface area (Å²) in [5.74, 6) is -0.619. The first-order chi connectivity index (χ1) is 9.54. The minimum Gasteiger partial charge on any atom is -0.396 e. The number of hydrogen-bond acceptors (Lipinski definition) is 4. The summed E-state index contributed by atoms with van der Waals surface area (Å²) in [7, 11) is 0. The number of carbonyl (C=O) groups is 1. The van der Waals surface area contributed by atoms with Gasteiger partial charge in [0.05, 0.1) is 18.3 Å². The van der Waals surface area contributed by atoms with Gasteiger partial charge in [0, 0.05) is 25.4 Å². The van der Waals surface area contributed by atoms with Crippen LogP contribution < -0.4 is 11.1 Å². The Kier molecular flexibility index (Phi) is 4.92. The molecule has 110 valence electrons. The number of nitrogens with one attached hydrogen (secondary N) is 1. The number of benzene rings is 1. The Labute approximate surface area is 117 Å². The predicted molar refractivity (Wildman–Crippen MR) is 75.9 cm³/mol. The fourth-order valence-corrected chi connectivity index (χ4v) is 2.25. The van der Waals surface area contributed by atoms with E-state index in [2.05, 4.69) is 10.2 Å². The third kappa shape index (κ3) is 4.18. The number of nitrogens with two attached hydrogens (primary N) is 1. The van der Waals surface area contributed by atoms with Crippen molar-refractivity contribution in [2.75, 3.05) is 37.3 Å². The van der Waals surface area contributed by atoms with Gasteiger partial charge in [-0.25, -0.2) is 4.39 Å². The molecular formula is C14H20FN3O2. The van der Waals surface area contributed by atoms with Crippen molar-refractivity contribution in [2.45, 2.75) is 19.4 Å². The van der Waals surface area contributed by atoms with E-state index in [9.17, 15) is 9.18 Å². The van der Waals surface area contributed by atoms with Gasteiger partial charge in [0.25, 0.3) is 0 Å². The molecule has 1 unspecified atom stereocenters. The predicted octanol–water partition coefficient (Wildman–Crippen LogP) is 1.46. The van der Waals surface area contributed by atoms with Gasteiger partial charge >= 0.3 is 0 Å². The largest absolute Gasteiger partial charge is 0.396 e. The van der Waals surface area contributed by atoms with Crippen LogP contribution in [0.15, 0.2) is 18.2 Å². The molecule has 5 nitrogen and oxygen atoms in total. The lowest BCUT2D eigenvalue weighted by atomic mass is 10.2. The van der Waals surface area contributed by atoms with Crippen molar-refractivity contribution >= 4 is 17.3 Å². The lowest BCUT2D eigenvalue weighted by Crippen LogP contribution is -2.37. The first-order valence-corrected chi connectivity index (χ1v) is 6.73. The molecule has 0 spiro atoms. The lowest BCUT2D eigenvalue weighted by molar-refractivity contribution is -0.117. The summed E-state index contributed by atoms with van der Waals surface area (Å²) >= 11 is 0. The molecule has 1 aliphatic heterocycles. The molecule has 0 radical (unpaired) electrons. The van der Waals surface area contributed by atoms with E-state index in [0.29, 0.717) is 12.2 Å². The van der Waals surface area contributed by atoms with Crippen LogP contribution in [-0.2, 0) is 9.53 Å². The smallest absolute Gasteiger partial charge is 0.238 e. The van der Waals surface area contributed by atoms with E-state index >= 15 is 0 Å². The Morgan fingerprint density at radius 2 is 2.40 bits per heavy atom. The monoisotopic (exact) mass is 281 g/mol. The maximum atomic E-state index is 13.0. The van der Waals surface area contributed by atoms with E-state index in [1.165, 1.54) is 18.2 Å². The van der Waals surface area contributed by atoms with Crippen molar-refractivity contribution in [1.29, 1.82) is 0 Å². The highest BCUT2D eigenvalue weighted by molar-refractivity contribution is 5.92. The zero-order chi connectivity index (χ0) is 14.5. The number of anilines is 2. The molecule has 1 aromatic carbocycles. The molecule has 0 aromatic heterocycles. The van der Waals surface area contributed by atoms with Crippen molar-refractivity contribution in [3.63, 3.8) is 0 Å². The van der Waals surface area contributed by atoms with Gasteiger partial charge in [-0.05, 0) is 31.5 Å². The summed E-state index contributed by atoms with van der Waals surface area (Å²) in [6, 6.07) is 4.16. The van der Waals surface area contributed by atoms with Crippen molar-refractivity contribution in [2.24, 2.45) is 0 Å². The molecule has 0 saturated carbocycles. The third-order valence-corrected chi connectivity index (χ3v) is 3.18. The molecule has 1 fully saturated rings. The van der Waals surface area contributed by atoms with Crippen molar-refractivity contribution < 1.29 is 13.9 Å². The summed E-state index contributed by atoms with van der Waals surface area (Å²) in [5.41, 5.74) is 6.00. The van der Waals surface area contributed by atoms with Crippen LogP contribution in [0.5, 0.6) is 0 Å². The van der Waals surface area contributed by atoms with Gasteiger partial charge in [0.15, 0.2) is 0 Å². The molecule has 20 heavy (non-hydrogen) atoms. The van der Waals surface area contributed by atoms with Gasteiger partial charge in [-0.2, -0.15) is 0 Å². The Morgan fingerprint density at radius 1 is 1.60 bits per heavy atom. The second-order valence-electron chi connectivity index (χ2n) is 5.05. The van der Waals surface area contributed by atoms with Gasteiger partial charge in [-0.15, -0.1) is 0 Å². The number of nitrogen functional groups attached to an aromatic ring is 1. The molecule has 2 rings (SSSR count). The molecule has 6 heteroatoms. The number of carbonyl (C=O) groups excluding carboxylic acids is 1. The van der Waals surface area contributed by atoms with E-state index in [0.717, 1.165) is 26.1 Å². The zero-order valence-corrected chi connectivity index (χ0v) is 11.6. The first-order valence-electron chi connectivity index (χ1n) is 6.73. The van der Waals surface area contributed by atoms with Crippen LogP contribution in [0.25, 0.3) is 0 Å². The lowest BCUT2D eigenvalue weighted by Gasteiger charge is -2.21. The average Bonchev–Trinajstić information content (AvgIpc) is 2.58. The van der Waals surface area contributed by atoms with Crippen molar-refractivity contribution in [3.8, 4) is 0 Å². The molecule has 3 N–H and O–H groups in total. The van der Waals surface area contributed by atoms with Crippen LogP contribution in [0.3, 0.4) is 0 Å². The number of nitrogens with zero attached hydrogens (tertiary/aromatic N) is 1. The van der Waals surface area contributed by atoms with Gasteiger partial charge in [-0.3, -0.25) is 9.69 Å². The van der Waals surface area contributed by atoms with Crippen molar-refractivity contribution in [1.82, 2.24) is 4.90 Å². The van der Waals surface area contributed by atoms with Crippen LogP contribution in [0.1, 0.15) is 13.3 Å². The molecule has 1 aromatic rings. The quantitative estimate of drug-likeness (QED) is 0.823. The van der Waals surface area contributed by atoms with E-state index in [1.807, 2.05) is 6.92 Å². The zero-order valence-electron chi connectivity index (χ0n) is 11.6. The summed E-state index contributed by atoms with van der Waals surface area (Å²) in [6.45, 7) is 4.60. The van der Waals surface area contributed by atoms with Gasteiger partial charge in [-0.1, -0.05) is 0 Å². The highest BCUT2D eigenvalue weighted by Crippen LogP contribution is 2.16. The average molecular weight is 281 g/mol. The minimum absolute atomic E-state index is 0.0274. The first kappa shape index (κ1) is 14.7. The fraction of sp³-hybridized carbons (Fsp3) is 0.500. The Hall–Kier alpha value is -1.66. The summed E-state index contributed by atoms with van der Waals surface area (Å²) in [4.78, 5) is 14.0. The SMILES string of the molecule is CC1CN(CC(=O)Nc2ccc(F)c(N)c2)CCCO1. The highest BCUT2D eigenvalue weighted by atomic mass is 19.1. The van der Waals surface area contributed by atoms with Crippen LogP contribution in [0.4, 0.5) is 15.8 Å². The topological polar surface area (TPSA) is 67.6 Å². The molecule has 1 saturated heterocycles. The van der Waals surface area contributed by atoms with Gasteiger partial charge in [0.1, 0.15) is 5.82 Å². The summed E-state index contributed by atoms with van der Waals surface area (Å²) < 4.78 is 18.6. The number of rotatable bonds is 3. The van der Waals surface area contributed by atoms with Crippen molar-refractivity contribution in [3.05, 3.63) is 24.0 Å². The van der Waals surface area contributed by atoms with Crippen LogP contribution in [-0.4, -0.2) is 43.2 Å². The van der Waals surface area contributed by atoms with Crippen LogP contribution >= 0.6 is 0 Å². The number of amides is 1. The number of hydrogen-bond donors (Lipinski definition) is 2. The minimum atomic E-state index is -0.485. The molecule has 1 aliphatic rings. The van der Waals surface area contributed by atoms with E-state index in [1.54, 1.807) is 0 Å². The van der Waals surface area contributed by atoms with E-state index in [4.69, 9.17) is 10.5 Å². The van der Waals surface area contributed by atoms with Crippen LogP contribution in [0, 0.1) is 5.82 Å². The maximum absolute atomic E-state index is 13.0. The molecule has 1 atom stereocenters. The molecule has 0 aliphatic carbocycles. The molecule has 1 amide bonds.